The third-order valence-corrected chi connectivity index (χ3v) is 6.18. The van der Waals surface area contributed by atoms with E-state index >= 15 is 0 Å². The van der Waals surface area contributed by atoms with Gasteiger partial charge in [0.25, 0.3) is 5.91 Å². The first kappa shape index (κ1) is 20.6. The topological polar surface area (TPSA) is 54.0 Å². The molecule has 1 heterocycles. The SMILES string of the molecule is CCCC1CC1NC1(CNC(=O)c2ccc(C#Cc3ccc(F)cn3)cc2)CCC1. The molecule has 2 aliphatic carbocycles. The number of hydrogen-bond acceptors (Lipinski definition) is 3. The van der Waals surface area contributed by atoms with E-state index in [1.165, 1.54) is 31.7 Å². The molecular formula is C25H28FN3O. The Hall–Kier alpha value is -2.71. The van der Waals surface area contributed by atoms with Crippen LogP contribution in [0.4, 0.5) is 4.39 Å². The second-order valence-electron chi connectivity index (χ2n) is 8.54. The summed E-state index contributed by atoms with van der Waals surface area (Å²) >= 11 is 0. The van der Waals surface area contributed by atoms with Crippen molar-refractivity contribution < 1.29 is 9.18 Å². The Bertz CT molecular complexity index is 939. The van der Waals surface area contributed by atoms with Gasteiger partial charge in [0.1, 0.15) is 11.5 Å². The van der Waals surface area contributed by atoms with Crippen molar-refractivity contribution in [2.75, 3.05) is 6.54 Å². The van der Waals surface area contributed by atoms with Crippen molar-refractivity contribution in [3.8, 4) is 11.8 Å². The number of nitrogens with zero attached hydrogens (tertiary/aromatic N) is 1. The van der Waals surface area contributed by atoms with Crippen LogP contribution < -0.4 is 10.6 Å². The van der Waals surface area contributed by atoms with Crippen molar-refractivity contribution >= 4 is 5.91 Å². The van der Waals surface area contributed by atoms with Gasteiger partial charge in [-0.1, -0.05) is 19.3 Å². The summed E-state index contributed by atoms with van der Waals surface area (Å²) < 4.78 is 12.9. The highest BCUT2D eigenvalue weighted by molar-refractivity contribution is 5.94. The first-order valence-electron chi connectivity index (χ1n) is 10.9. The van der Waals surface area contributed by atoms with Crippen LogP contribution >= 0.6 is 0 Å². The molecule has 2 unspecified atom stereocenters. The van der Waals surface area contributed by atoms with Gasteiger partial charge in [-0.2, -0.15) is 0 Å². The van der Waals surface area contributed by atoms with E-state index in [9.17, 15) is 9.18 Å². The molecule has 2 N–H and O–H groups in total. The molecule has 5 heteroatoms. The van der Waals surface area contributed by atoms with Crippen molar-refractivity contribution in [1.29, 1.82) is 0 Å². The smallest absolute Gasteiger partial charge is 0.251 e. The fraction of sp³-hybridized carbons (Fsp3) is 0.440. The van der Waals surface area contributed by atoms with Crippen LogP contribution in [0.25, 0.3) is 0 Å². The van der Waals surface area contributed by atoms with Crippen LogP contribution in [0.1, 0.15) is 67.1 Å². The van der Waals surface area contributed by atoms with Gasteiger partial charge in [0.15, 0.2) is 0 Å². The van der Waals surface area contributed by atoms with Gasteiger partial charge >= 0.3 is 0 Å². The van der Waals surface area contributed by atoms with Crippen LogP contribution in [0.5, 0.6) is 0 Å². The lowest BCUT2D eigenvalue weighted by Crippen LogP contribution is -2.59. The zero-order valence-corrected chi connectivity index (χ0v) is 17.4. The highest BCUT2D eigenvalue weighted by atomic mass is 19.1. The maximum absolute atomic E-state index is 12.9. The normalized spacial score (nSPS) is 21.1. The van der Waals surface area contributed by atoms with Crippen LogP contribution in [0.15, 0.2) is 42.6 Å². The fourth-order valence-electron chi connectivity index (χ4n) is 4.13. The number of hydrogen-bond donors (Lipinski definition) is 2. The summed E-state index contributed by atoms with van der Waals surface area (Å²) in [5.74, 6) is 6.27. The molecule has 30 heavy (non-hydrogen) atoms. The highest BCUT2D eigenvalue weighted by Crippen LogP contribution is 2.40. The maximum atomic E-state index is 12.9. The molecule has 1 amide bonds. The Kier molecular flexibility index (Phi) is 6.15. The average Bonchev–Trinajstić information content (AvgIpc) is 3.47. The number of amides is 1. The summed E-state index contributed by atoms with van der Waals surface area (Å²) in [5, 5.41) is 6.95. The average molecular weight is 406 g/mol. The summed E-state index contributed by atoms with van der Waals surface area (Å²) in [7, 11) is 0. The summed E-state index contributed by atoms with van der Waals surface area (Å²) in [6, 6.07) is 10.7. The third-order valence-electron chi connectivity index (χ3n) is 6.18. The molecule has 4 rings (SSSR count). The molecule has 2 aromatic rings. The van der Waals surface area contributed by atoms with Crippen LogP contribution in [-0.2, 0) is 0 Å². The molecule has 0 spiro atoms. The van der Waals surface area contributed by atoms with Crippen LogP contribution in [0, 0.1) is 23.6 Å². The Morgan fingerprint density at radius 3 is 2.63 bits per heavy atom. The Morgan fingerprint density at radius 2 is 2.00 bits per heavy atom. The Morgan fingerprint density at radius 1 is 1.20 bits per heavy atom. The van der Waals surface area contributed by atoms with Crippen LogP contribution in [0.3, 0.4) is 0 Å². The monoisotopic (exact) mass is 405 g/mol. The largest absolute Gasteiger partial charge is 0.350 e. The second-order valence-corrected chi connectivity index (χ2v) is 8.54. The standard InChI is InChI=1S/C25H28FN3O/c1-2-4-20-15-23(20)29-25(13-3-14-25)17-28-24(30)19-8-5-18(6-9-19)7-11-22-12-10-21(26)16-27-22/h5-6,8-10,12,16,20,23,29H,2-4,13-15,17H2,1H3,(H,28,30). The highest BCUT2D eigenvalue weighted by Gasteiger charge is 2.45. The minimum absolute atomic E-state index is 0.0521. The lowest BCUT2D eigenvalue weighted by Gasteiger charge is -2.43. The number of aromatic nitrogens is 1. The predicted molar refractivity (Wildman–Crippen MR) is 115 cm³/mol. The van der Waals surface area contributed by atoms with Gasteiger partial charge in [-0.3, -0.25) is 4.79 Å². The van der Waals surface area contributed by atoms with E-state index in [1.54, 1.807) is 18.2 Å². The summed E-state index contributed by atoms with van der Waals surface area (Å²) in [5.41, 5.74) is 2.00. The number of carbonyl (C=O) groups excluding carboxylic acids is 1. The summed E-state index contributed by atoms with van der Waals surface area (Å²) in [4.78, 5) is 16.5. The van der Waals surface area contributed by atoms with E-state index in [2.05, 4.69) is 34.4 Å². The quantitative estimate of drug-likeness (QED) is 0.684. The molecule has 0 aliphatic heterocycles. The van der Waals surface area contributed by atoms with Gasteiger partial charge in [-0.15, -0.1) is 0 Å². The van der Waals surface area contributed by atoms with Crippen molar-refractivity contribution in [2.45, 2.75) is 57.0 Å². The van der Waals surface area contributed by atoms with Gasteiger partial charge in [0.05, 0.1) is 6.20 Å². The zero-order chi connectivity index (χ0) is 21.0. The number of nitrogens with one attached hydrogen (secondary N) is 2. The molecule has 0 radical (unpaired) electrons. The Labute approximate surface area is 177 Å². The van der Waals surface area contributed by atoms with E-state index in [1.807, 2.05) is 12.1 Å². The van der Waals surface area contributed by atoms with Crippen LogP contribution in [-0.4, -0.2) is 29.0 Å². The first-order valence-corrected chi connectivity index (χ1v) is 10.9. The molecule has 1 aromatic heterocycles. The number of rotatable bonds is 7. The van der Waals surface area contributed by atoms with Crippen molar-refractivity contribution in [2.24, 2.45) is 5.92 Å². The molecule has 2 fully saturated rings. The molecule has 2 atom stereocenters. The van der Waals surface area contributed by atoms with Crippen molar-refractivity contribution in [3.63, 3.8) is 0 Å². The molecule has 2 aliphatic rings. The fourth-order valence-corrected chi connectivity index (χ4v) is 4.13. The van der Waals surface area contributed by atoms with E-state index in [0.29, 0.717) is 23.8 Å². The number of pyridine rings is 1. The number of halogens is 1. The van der Waals surface area contributed by atoms with Gasteiger partial charge in [-0.05, 0) is 80.3 Å². The summed E-state index contributed by atoms with van der Waals surface area (Å²) in [6.45, 7) is 2.92. The third kappa shape index (κ3) is 5.06. The van der Waals surface area contributed by atoms with E-state index in [-0.39, 0.29) is 17.3 Å². The van der Waals surface area contributed by atoms with Crippen molar-refractivity contribution in [1.82, 2.24) is 15.6 Å². The van der Waals surface area contributed by atoms with E-state index in [4.69, 9.17) is 0 Å². The van der Waals surface area contributed by atoms with Gasteiger partial charge in [0, 0.05) is 29.3 Å². The van der Waals surface area contributed by atoms with E-state index < -0.39 is 0 Å². The molecular weight excluding hydrogens is 377 g/mol. The van der Waals surface area contributed by atoms with Gasteiger partial charge < -0.3 is 10.6 Å². The molecule has 2 saturated carbocycles. The lowest BCUT2D eigenvalue weighted by molar-refractivity contribution is 0.0910. The van der Waals surface area contributed by atoms with Gasteiger partial charge in [0.2, 0.25) is 0 Å². The van der Waals surface area contributed by atoms with Crippen LogP contribution in [0.2, 0.25) is 0 Å². The lowest BCUT2D eigenvalue weighted by atomic mass is 9.76. The molecule has 1 aromatic carbocycles. The number of carbonyl (C=O) groups is 1. The van der Waals surface area contributed by atoms with Crippen molar-refractivity contribution in [3.05, 3.63) is 65.2 Å². The summed E-state index contributed by atoms with van der Waals surface area (Å²) in [6.07, 6.45) is 8.46. The predicted octanol–water partition coefficient (Wildman–Crippen LogP) is 4.05. The maximum Gasteiger partial charge on any atom is 0.251 e. The number of benzene rings is 1. The minimum atomic E-state index is -0.382. The first-order chi connectivity index (χ1) is 14.6. The second kappa shape index (κ2) is 8.97. The zero-order valence-electron chi connectivity index (χ0n) is 17.4. The molecule has 156 valence electrons. The molecule has 4 nitrogen and oxygen atoms in total. The Balaban J connectivity index is 1.30. The molecule has 0 saturated heterocycles. The molecule has 0 bridgehead atoms. The minimum Gasteiger partial charge on any atom is -0.350 e. The van der Waals surface area contributed by atoms with E-state index in [0.717, 1.165) is 30.5 Å². The van der Waals surface area contributed by atoms with Gasteiger partial charge in [-0.25, -0.2) is 9.37 Å².